The van der Waals surface area contributed by atoms with Crippen molar-refractivity contribution >= 4 is 0 Å². The Bertz CT molecular complexity index is 93.3. The zero-order chi connectivity index (χ0) is 6.20. The Kier molecular flexibility index (Phi) is 1.22. The van der Waals surface area contributed by atoms with Crippen LogP contribution in [0.5, 0.6) is 0 Å². The predicted octanol–water partition coefficient (Wildman–Crippen LogP) is -0.494. The summed E-state index contributed by atoms with van der Waals surface area (Å²) in [5, 5.41) is 8.74. The number of ether oxygens (including phenoxy) is 2. The van der Waals surface area contributed by atoms with Crippen molar-refractivity contribution in [1.29, 1.82) is 0 Å². The highest BCUT2D eigenvalue weighted by atomic mass is 19.1. The zero-order valence-corrected chi connectivity index (χ0v) is 4.47. The molecule has 4 heteroatoms. The molecule has 1 saturated heterocycles. The minimum atomic E-state index is -1.58. The molecule has 1 heterocycles. The second-order valence-electron chi connectivity index (χ2n) is 1.81. The molecule has 2 N–H and O–H groups in total. The number of hydrogen-bond donors (Lipinski definition) is 1. The summed E-state index contributed by atoms with van der Waals surface area (Å²) in [6.45, 7) is 1.17. The summed E-state index contributed by atoms with van der Waals surface area (Å²) in [5.74, 6) is -1.58. The lowest BCUT2D eigenvalue weighted by molar-refractivity contribution is -0.384. The molecule has 0 aliphatic carbocycles. The van der Waals surface area contributed by atoms with Gasteiger partial charge in [-0.05, 0) is 0 Å². The number of aliphatic hydroxyl groups is 3. The summed E-state index contributed by atoms with van der Waals surface area (Å²) in [4.78, 5) is 0. The van der Waals surface area contributed by atoms with Crippen LogP contribution in [-0.4, -0.2) is 28.8 Å². The molecule has 0 amide bonds. The van der Waals surface area contributed by atoms with Gasteiger partial charge in [0.15, 0.2) is 6.61 Å². The van der Waals surface area contributed by atoms with Crippen LogP contribution in [0, 0.1) is 0 Å². The van der Waals surface area contributed by atoms with Crippen LogP contribution in [0.2, 0.25) is 0 Å². The van der Waals surface area contributed by atoms with E-state index in [0.717, 1.165) is 0 Å². The van der Waals surface area contributed by atoms with Crippen molar-refractivity contribution in [2.75, 3.05) is 6.61 Å². The van der Waals surface area contributed by atoms with E-state index in [9.17, 15) is 4.39 Å². The molecule has 1 rings (SSSR count). The molecule has 0 aromatic rings. The smallest absolute Gasteiger partial charge is 0.355 e. The van der Waals surface area contributed by atoms with Crippen molar-refractivity contribution in [3.8, 4) is 0 Å². The Morgan fingerprint density at radius 2 is 2.62 bits per heavy atom. The van der Waals surface area contributed by atoms with Crippen LogP contribution in [0.15, 0.2) is 0 Å². The first kappa shape index (κ1) is 5.94. The summed E-state index contributed by atoms with van der Waals surface area (Å²) < 4.78 is 19.6. The van der Waals surface area contributed by atoms with Crippen molar-refractivity contribution < 1.29 is 19.0 Å². The third-order valence-corrected chi connectivity index (χ3v) is 0.874. The van der Waals surface area contributed by atoms with Gasteiger partial charge in [0.25, 0.3) is 0 Å². The van der Waals surface area contributed by atoms with Gasteiger partial charge in [-0.2, -0.15) is 4.39 Å². The molecule has 0 spiro atoms. The molecule has 1 aliphatic rings. The summed E-state index contributed by atoms with van der Waals surface area (Å²) >= 11 is 0. The van der Waals surface area contributed by atoms with E-state index in [1.165, 1.54) is 6.92 Å². The highest BCUT2D eigenvalue weighted by Crippen LogP contribution is 2.16. The summed E-state index contributed by atoms with van der Waals surface area (Å²) in [7, 11) is 0. The zero-order valence-electron chi connectivity index (χ0n) is 4.47. The fraction of sp³-hybridized carbons (Fsp3) is 1.00. The molecule has 0 saturated carbocycles. The van der Waals surface area contributed by atoms with Gasteiger partial charge in [0, 0.05) is 0 Å². The van der Waals surface area contributed by atoms with Crippen LogP contribution >= 0.6 is 0 Å². The van der Waals surface area contributed by atoms with Crippen LogP contribution in [0.25, 0.3) is 0 Å². The van der Waals surface area contributed by atoms with Crippen LogP contribution in [0.1, 0.15) is 6.92 Å². The molecule has 3 nitrogen and oxygen atoms in total. The van der Waals surface area contributed by atoms with Crippen molar-refractivity contribution in [1.82, 2.24) is 0 Å². The van der Waals surface area contributed by atoms with Crippen LogP contribution in [0.4, 0.5) is 4.39 Å². The Morgan fingerprint density at radius 1 is 2.00 bits per heavy atom. The van der Waals surface area contributed by atoms with Crippen LogP contribution < -0.4 is 0 Å². The van der Waals surface area contributed by atoms with E-state index in [4.69, 9.17) is 5.11 Å². The molecule has 2 unspecified atom stereocenters. The average Bonchev–Trinajstić information content (AvgIpc) is 1.82. The quantitative estimate of drug-likeness (QED) is 0.441. The van der Waals surface area contributed by atoms with Gasteiger partial charge in [-0.1, -0.05) is 0 Å². The molecule has 1 fully saturated rings. The van der Waals surface area contributed by atoms with Crippen molar-refractivity contribution in [3.05, 3.63) is 0 Å². The van der Waals surface area contributed by atoms with E-state index >= 15 is 0 Å². The van der Waals surface area contributed by atoms with Crippen molar-refractivity contribution in [2.45, 2.75) is 19.3 Å². The van der Waals surface area contributed by atoms with Gasteiger partial charge in [-0.25, -0.2) is 0 Å². The lowest BCUT2D eigenvalue weighted by Crippen LogP contribution is -2.28. The number of alkyl halides is 1. The molecule has 0 radical (unpaired) electrons. The van der Waals surface area contributed by atoms with Gasteiger partial charge >= 0.3 is 12.3 Å². The lowest BCUT2D eigenvalue weighted by atomic mass is 10.7. The Balaban J connectivity index is 2.44. The molecule has 0 aromatic heterocycles. The normalized spacial score (nSPS) is 47.6. The maximum Gasteiger partial charge on any atom is 0.394 e. The van der Waals surface area contributed by atoms with E-state index in [-0.39, 0.29) is 6.61 Å². The van der Waals surface area contributed by atoms with Gasteiger partial charge < -0.3 is 9.84 Å². The van der Waals surface area contributed by atoms with Gasteiger partial charge in [-0.15, -0.1) is 0 Å². The minimum Gasteiger partial charge on any atom is -0.355 e. The predicted molar refractivity (Wildman–Crippen MR) is 23.7 cm³/mol. The van der Waals surface area contributed by atoms with Crippen molar-refractivity contribution in [3.63, 3.8) is 0 Å². The topological polar surface area (TPSA) is 42.3 Å². The van der Waals surface area contributed by atoms with E-state index in [1.807, 2.05) is 0 Å². The fourth-order valence-electron chi connectivity index (χ4n) is 0.561. The molecule has 0 aromatic carbocycles. The molecule has 8 heavy (non-hydrogen) atoms. The van der Waals surface area contributed by atoms with E-state index in [2.05, 4.69) is 9.47 Å². The highest BCUT2D eigenvalue weighted by Gasteiger charge is 2.41. The van der Waals surface area contributed by atoms with Gasteiger partial charge in [-0.3, -0.25) is 4.74 Å². The molecular formula is C4H8FO3+. The molecule has 1 aliphatic heterocycles. The largest absolute Gasteiger partial charge is 0.394 e. The second kappa shape index (κ2) is 1.65. The maximum absolute atomic E-state index is 12.0. The second-order valence-corrected chi connectivity index (χ2v) is 1.81. The molecular weight excluding hydrogens is 115 g/mol. The summed E-state index contributed by atoms with van der Waals surface area (Å²) in [6.07, 6.45) is -1.36. The fourth-order valence-corrected chi connectivity index (χ4v) is 0.561. The van der Waals surface area contributed by atoms with Crippen LogP contribution in [0.3, 0.4) is 0 Å². The third-order valence-electron chi connectivity index (χ3n) is 0.874. The average molecular weight is 123 g/mol. The third kappa shape index (κ3) is 1.15. The molecule has 2 atom stereocenters. The first-order chi connectivity index (χ1) is 3.60. The van der Waals surface area contributed by atoms with Crippen LogP contribution in [-0.2, 0) is 4.74 Å². The maximum atomic E-state index is 12.0. The molecule has 0 bridgehead atoms. The van der Waals surface area contributed by atoms with E-state index in [0.29, 0.717) is 0 Å². The standard InChI is InChI=1S/C4H7FO3/c1-4(6)7-2-3(5)8-4/h3,6H,2H2,1H3/p+1. The monoisotopic (exact) mass is 123 g/mol. The van der Waals surface area contributed by atoms with E-state index in [1.54, 1.807) is 0 Å². The Morgan fingerprint density at radius 3 is 2.75 bits per heavy atom. The number of halogens is 1. The van der Waals surface area contributed by atoms with E-state index < -0.39 is 12.3 Å². The summed E-state index contributed by atoms with van der Waals surface area (Å²) in [6, 6.07) is 0. The lowest BCUT2D eigenvalue weighted by Gasteiger charge is -2.06. The first-order valence-electron chi connectivity index (χ1n) is 2.32. The first-order valence-corrected chi connectivity index (χ1v) is 2.32. The van der Waals surface area contributed by atoms with Gasteiger partial charge in [0.1, 0.15) is 0 Å². The Hall–Kier alpha value is -0.190. The SMILES string of the molecule is CC1(O)OCC(F)[OH+]1. The number of rotatable bonds is 0. The van der Waals surface area contributed by atoms with Crippen molar-refractivity contribution in [2.24, 2.45) is 0 Å². The van der Waals surface area contributed by atoms with Gasteiger partial charge in [0.2, 0.25) is 0 Å². The summed E-state index contributed by atoms with van der Waals surface area (Å²) in [5.41, 5.74) is 0. The van der Waals surface area contributed by atoms with Gasteiger partial charge in [0.05, 0.1) is 6.92 Å². The minimum absolute atomic E-state index is 0.132. The highest BCUT2D eigenvalue weighted by molar-refractivity contribution is 4.52. The Labute approximate surface area is 46.0 Å². The molecule has 48 valence electrons. The number of hydrogen-bond acceptors (Lipinski definition) is 2.